The van der Waals surface area contributed by atoms with Crippen LogP contribution in [0.15, 0.2) is 24.3 Å². The lowest BCUT2D eigenvalue weighted by Gasteiger charge is -2.19. The fourth-order valence-corrected chi connectivity index (χ4v) is 1.65. The first-order chi connectivity index (χ1) is 11.0. The maximum absolute atomic E-state index is 11.7. The van der Waals surface area contributed by atoms with Gasteiger partial charge in [0, 0.05) is 0 Å². The van der Waals surface area contributed by atoms with E-state index in [1.54, 1.807) is 0 Å². The SMILES string of the molecule is O=C(O)CC(O)(CC(=O)OC(=O)c1ccc(C(=O)O)cc1)C(=O)O. The molecule has 0 aromatic heterocycles. The number of rotatable bonds is 7. The molecule has 0 aliphatic heterocycles. The third kappa shape index (κ3) is 4.88. The quantitative estimate of drug-likeness (QED) is 0.382. The summed E-state index contributed by atoms with van der Waals surface area (Å²) in [5, 5.41) is 35.7. The molecule has 0 amide bonds. The predicted octanol–water partition coefficient (Wildman–Crippen LogP) is -0.251. The number of aliphatic carboxylic acids is 2. The zero-order valence-corrected chi connectivity index (χ0v) is 12.0. The van der Waals surface area contributed by atoms with Crippen LogP contribution >= 0.6 is 0 Å². The summed E-state index contributed by atoms with van der Waals surface area (Å²) in [6, 6.07) is 4.31. The molecule has 0 aliphatic carbocycles. The van der Waals surface area contributed by atoms with Gasteiger partial charge in [0.25, 0.3) is 0 Å². The van der Waals surface area contributed by atoms with Gasteiger partial charge in [-0.2, -0.15) is 0 Å². The van der Waals surface area contributed by atoms with Gasteiger partial charge in [0.15, 0.2) is 5.60 Å². The van der Waals surface area contributed by atoms with Crippen molar-refractivity contribution in [3.05, 3.63) is 35.4 Å². The van der Waals surface area contributed by atoms with Crippen LogP contribution < -0.4 is 0 Å². The number of ether oxygens (including phenoxy) is 1. The Labute approximate surface area is 133 Å². The minimum absolute atomic E-state index is 0.111. The van der Waals surface area contributed by atoms with Gasteiger partial charge in [-0.3, -0.25) is 9.59 Å². The molecule has 128 valence electrons. The van der Waals surface area contributed by atoms with Crippen LogP contribution in [-0.2, 0) is 19.1 Å². The second-order valence-electron chi connectivity index (χ2n) is 4.73. The molecule has 1 atom stereocenters. The molecule has 0 heterocycles. The third-order valence-electron chi connectivity index (χ3n) is 2.85. The fourth-order valence-electron chi connectivity index (χ4n) is 1.65. The number of carboxylic acid groups (broad SMARTS) is 3. The highest BCUT2D eigenvalue weighted by Gasteiger charge is 2.41. The Balaban J connectivity index is 2.79. The van der Waals surface area contributed by atoms with E-state index in [2.05, 4.69) is 4.74 Å². The van der Waals surface area contributed by atoms with Crippen LogP contribution in [-0.4, -0.2) is 55.9 Å². The normalized spacial score (nSPS) is 12.7. The molecule has 0 radical (unpaired) electrons. The second-order valence-corrected chi connectivity index (χ2v) is 4.73. The molecule has 10 nitrogen and oxygen atoms in total. The first kappa shape index (κ1) is 18.8. The van der Waals surface area contributed by atoms with Crippen molar-refractivity contribution >= 4 is 29.8 Å². The number of hydrogen-bond donors (Lipinski definition) is 4. The second kappa shape index (κ2) is 7.33. The summed E-state index contributed by atoms with van der Waals surface area (Å²) in [4.78, 5) is 55.3. The topological polar surface area (TPSA) is 175 Å². The van der Waals surface area contributed by atoms with Crippen LogP contribution in [0.3, 0.4) is 0 Å². The molecule has 24 heavy (non-hydrogen) atoms. The first-order valence-electron chi connectivity index (χ1n) is 6.31. The van der Waals surface area contributed by atoms with Crippen molar-refractivity contribution in [2.75, 3.05) is 0 Å². The number of benzene rings is 1. The van der Waals surface area contributed by atoms with E-state index in [1.165, 1.54) is 0 Å². The Morgan fingerprint density at radius 2 is 1.38 bits per heavy atom. The molecule has 0 fully saturated rings. The lowest BCUT2D eigenvalue weighted by molar-refractivity contribution is -0.170. The lowest BCUT2D eigenvalue weighted by Crippen LogP contribution is -2.43. The highest BCUT2D eigenvalue weighted by atomic mass is 16.6. The van der Waals surface area contributed by atoms with Crippen LogP contribution in [0.1, 0.15) is 33.6 Å². The molecular weight excluding hydrogens is 328 g/mol. The maximum atomic E-state index is 11.7. The van der Waals surface area contributed by atoms with Gasteiger partial charge in [-0.1, -0.05) is 0 Å². The largest absolute Gasteiger partial charge is 0.481 e. The number of hydrogen-bond acceptors (Lipinski definition) is 7. The number of aromatic carboxylic acids is 1. The molecule has 0 aliphatic rings. The number of carbonyl (C=O) groups excluding carboxylic acids is 2. The van der Waals surface area contributed by atoms with Crippen molar-refractivity contribution in [2.24, 2.45) is 0 Å². The molecule has 0 bridgehead atoms. The van der Waals surface area contributed by atoms with Gasteiger partial charge in [0.2, 0.25) is 0 Å². The Kier molecular flexibility index (Phi) is 5.73. The van der Waals surface area contributed by atoms with Crippen LogP contribution in [0.25, 0.3) is 0 Å². The minimum atomic E-state index is -2.92. The van der Waals surface area contributed by atoms with E-state index >= 15 is 0 Å². The number of esters is 2. The zero-order valence-electron chi connectivity index (χ0n) is 12.0. The zero-order chi connectivity index (χ0) is 18.5. The Hall–Kier alpha value is -3.27. The van der Waals surface area contributed by atoms with Gasteiger partial charge in [0.05, 0.1) is 24.0 Å². The summed E-state index contributed by atoms with van der Waals surface area (Å²) in [7, 11) is 0. The van der Waals surface area contributed by atoms with E-state index in [0.717, 1.165) is 24.3 Å². The van der Waals surface area contributed by atoms with E-state index in [-0.39, 0.29) is 11.1 Å². The Morgan fingerprint density at radius 1 is 0.875 bits per heavy atom. The standard InChI is InChI=1S/C14H12O10/c15-9(16)5-14(23,13(21)22)6-10(17)24-12(20)8-3-1-7(2-4-8)11(18)19/h1-4,23H,5-6H2,(H,15,16)(H,18,19)(H,21,22). The Bertz CT molecular complexity index is 690. The monoisotopic (exact) mass is 340 g/mol. The summed E-state index contributed by atoms with van der Waals surface area (Å²) in [5.74, 6) is -7.51. The molecule has 10 heteroatoms. The summed E-state index contributed by atoms with van der Waals surface area (Å²) < 4.78 is 4.32. The highest BCUT2D eigenvalue weighted by molar-refractivity contribution is 5.99. The summed E-state index contributed by atoms with van der Waals surface area (Å²) in [6.45, 7) is 0. The third-order valence-corrected chi connectivity index (χ3v) is 2.85. The molecule has 0 saturated carbocycles. The van der Waals surface area contributed by atoms with Crippen molar-refractivity contribution in [1.29, 1.82) is 0 Å². The van der Waals surface area contributed by atoms with E-state index in [0.29, 0.717) is 0 Å². The minimum Gasteiger partial charge on any atom is -0.481 e. The van der Waals surface area contributed by atoms with E-state index in [4.69, 9.17) is 15.3 Å². The van der Waals surface area contributed by atoms with Gasteiger partial charge < -0.3 is 25.2 Å². The first-order valence-corrected chi connectivity index (χ1v) is 6.31. The van der Waals surface area contributed by atoms with Gasteiger partial charge in [-0.05, 0) is 24.3 Å². The van der Waals surface area contributed by atoms with Crippen LogP contribution in [0, 0.1) is 0 Å². The van der Waals surface area contributed by atoms with Crippen molar-refractivity contribution in [2.45, 2.75) is 18.4 Å². The van der Waals surface area contributed by atoms with Gasteiger partial charge in [-0.15, -0.1) is 0 Å². The highest BCUT2D eigenvalue weighted by Crippen LogP contribution is 2.17. The Morgan fingerprint density at radius 3 is 1.79 bits per heavy atom. The molecule has 1 unspecified atom stereocenters. The van der Waals surface area contributed by atoms with Gasteiger partial charge in [0.1, 0.15) is 0 Å². The van der Waals surface area contributed by atoms with Crippen molar-refractivity contribution in [3.8, 4) is 0 Å². The predicted molar refractivity (Wildman–Crippen MR) is 73.3 cm³/mol. The van der Waals surface area contributed by atoms with Crippen molar-refractivity contribution in [1.82, 2.24) is 0 Å². The van der Waals surface area contributed by atoms with E-state index in [1.807, 2.05) is 0 Å². The average molecular weight is 340 g/mol. The summed E-state index contributed by atoms with van der Waals surface area (Å²) >= 11 is 0. The molecule has 1 aromatic rings. The summed E-state index contributed by atoms with van der Waals surface area (Å²) in [6.07, 6.45) is -2.52. The van der Waals surface area contributed by atoms with Crippen molar-refractivity contribution in [3.63, 3.8) is 0 Å². The van der Waals surface area contributed by atoms with Gasteiger partial charge >= 0.3 is 29.8 Å². The number of aliphatic hydroxyl groups is 1. The maximum Gasteiger partial charge on any atom is 0.345 e. The molecule has 0 spiro atoms. The molecule has 0 saturated heterocycles. The van der Waals surface area contributed by atoms with Crippen LogP contribution in [0.5, 0.6) is 0 Å². The van der Waals surface area contributed by atoms with Crippen molar-refractivity contribution < 1.29 is 49.1 Å². The molecule has 4 N–H and O–H groups in total. The average Bonchev–Trinajstić information content (AvgIpc) is 2.45. The smallest absolute Gasteiger partial charge is 0.345 e. The van der Waals surface area contributed by atoms with Crippen LogP contribution in [0.2, 0.25) is 0 Å². The summed E-state index contributed by atoms with van der Waals surface area (Å²) in [5.41, 5.74) is -3.22. The number of carboxylic acids is 3. The number of carbonyl (C=O) groups is 5. The van der Waals surface area contributed by atoms with E-state index < -0.39 is 48.3 Å². The molecule has 1 rings (SSSR count). The van der Waals surface area contributed by atoms with Gasteiger partial charge in [-0.25, -0.2) is 14.4 Å². The molecule has 1 aromatic carbocycles. The van der Waals surface area contributed by atoms with E-state index in [9.17, 15) is 29.1 Å². The lowest BCUT2D eigenvalue weighted by atomic mass is 9.96. The van der Waals surface area contributed by atoms with Crippen LogP contribution in [0.4, 0.5) is 0 Å². The molecular formula is C14H12O10. The fraction of sp³-hybridized carbons (Fsp3) is 0.214.